The Morgan fingerprint density at radius 3 is 2.58 bits per heavy atom. The number of primary amides is 1. The van der Waals surface area contributed by atoms with Crippen LogP contribution in [0.3, 0.4) is 0 Å². The molecule has 0 aromatic carbocycles. The highest BCUT2D eigenvalue weighted by Crippen LogP contribution is 2.07. The van der Waals surface area contributed by atoms with Crippen LogP contribution in [-0.4, -0.2) is 42.4 Å². The van der Waals surface area contributed by atoms with Gasteiger partial charge in [-0.25, -0.2) is 0 Å². The number of carbonyl (C=O) groups excluding carboxylic acids is 1. The second kappa shape index (κ2) is 6.31. The maximum Gasteiger partial charge on any atom is 0.231 e. The molecule has 0 bridgehead atoms. The third-order valence-corrected chi connectivity index (χ3v) is 2.58. The van der Waals surface area contributed by atoms with Gasteiger partial charge >= 0.3 is 0 Å². The van der Waals surface area contributed by atoms with Crippen LogP contribution in [0.5, 0.6) is 0 Å². The summed E-state index contributed by atoms with van der Waals surface area (Å²) < 4.78 is 0. The number of nitrogens with two attached hydrogens (primary N) is 1. The van der Waals surface area contributed by atoms with Crippen LogP contribution in [0, 0.1) is 0 Å². The monoisotopic (exact) mass is 190 g/mol. The lowest BCUT2D eigenvalue weighted by Crippen LogP contribution is -2.39. The third kappa shape index (κ3) is 4.62. The fourth-order valence-electron chi connectivity index (χ4n) is 1.12. The lowest BCUT2D eigenvalue weighted by Gasteiger charge is -2.24. The smallest absolute Gasteiger partial charge is 0.231 e. The van der Waals surface area contributed by atoms with Crippen LogP contribution in [0.15, 0.2) is 0 Å². The van der Waals surface area contributed by atoms with Crippen LogP contribution in [0.25, 0.3) is 0 Å². The highest BCUT2D eigenvalue weighted by molar-refractivity contribution is 7.98. The molecule has 0 aliphatic heterocycles. The van der Waals surface area contributed by atoms with Crippen molar-refractivity contribution in [2.45, 2.75) is 19.4 Å². The minimum Gasteiger partial charge on any atom is -0.369 e. The van der Waals surface area contributed by atoms with Crippen LogP contribution >= 0.6 is 11.8 Å². The number of thioether (sulfide) groups is 1. The van der Waals surface area contributed by atoms with Gasteiger partial charge in [-0.1, -0.05) is 6.92 Å². The molecule has 72 valence electrons. The molecule has 0 fully saturated rings. The molecule has 0 aromatic rings. The van der Waals surface area contributed by atoms with E-state index in [0.717, 1.165) is 12.2 Å². The van der Waals surface area contributed by atoms with E-state index in [4.69, 9.17) is 5.73 Å². The SMILES string of the molecule is CCC(CSC)N(C)CC(N)=O. The Morgan fingerprint density at radius 2 is 2.25 bits per heavy atom. The number of carbonyl (C=O) groups is 1. The Morgan fingerprint density at radius 1 is 1.67 bits per heavy atom. The van der Waals surface area contributed by atoms with Crippen molar-refractivity contribution in [3.05, 3.63) is 0 Å². The van der Waals surface area contributed by atoms with Crippen molar-refractivity contribution in [2.24, 2.45) is 5.73 Å². The standard InChI is InChI=1S/C8H18N2OS/c1-4-7(6-12-3)10(2)5-8(9)11/h7H,4-6H2,1-3H3,(H2,9,11). The topological polar surface area (TPSA) is 46.3 Å². The zero-order valence-electron chi connectivity index (χ0n) is 8.04. The van der Waals surface area contributed by atoms with Crippen molar-refractivity contribution in [1.29, 1.82) is 0 Å². The summed E-state index contributed by atoms with van der Waals surface area (Å²) in [6.07, 6.45) is 3.13. The van der Waals surface area contributed by atoms with Crippen molar-refractivity contribution < 1.29 is 4.79 Å². The first-order chi connectivity index (χ1) is 5.61. The van der Waals surface area contributed by atoms with Gasteiger partial charge < -0.3 is 5.73 Å². The predicted octanol–water partition coefficient (Wildman–Crippen LogP) is 0.545. The Labute approximate surface area is 78.7 Å². The summed E-state index contributed by atoms with van der Waals surface area (Å²) in [5.41, 5.74) is 5.09. The molecular weight excluding hydrogens is 172 g/mol. The van der Waals surface area contributed by atoms with E-state index in [9.17, 15) is 4.79 Å². The molecule has 4 heteroatoms. The molecule has 12 heavy (non-hydrogen) atoms. The maximum absolute atomic E-state index is 10.6. The molecular formula is C8H18N2OS. The molecule has 1 amide bonds. The summed E-state index contributed by atoms with van der Waals surface area (Å²) in [6, 6.07) is 0.465. The average Bonchev–Trinajstić information content (AvgIpc) is 1.98. The molecule has 1 atom stereocenters. The summed E-state index contributed by atoms with van der Waals surface area (Å²) >= 11 is 1.80. The fraction of sp³-hybridized carbons (Fsp3) is 0.875. The molecule has 0 aromatic heterocycles. The minimum absolute atomic E-state index is 0.253. The Kier molecular flexibility index (Phi) is 6.20. The quantitative estimate of drug-likeness (QED) is 0.665. The lowest BCUT2D eigenvalue weighted by atomic mass is 10.2. The van der Waals surface area contributed by atoms with Gasteiger partial charge in [0.1, 0.15) is 0 Å². The van der Waals surface area contributed by atoms with Gasteiger partial charge in [-0.05, 0) is 19.7 Å². The van der Waals surface area contributed by atoms with Gasteiger partial charge in [0.05, 0.1) is 6.54 Å². The molecule has 0 saturated heterocycles. The van der Waals surface area contributed by atoms with E-state index in [0.29, 0.717) is 12.6 Å². The van der Waals surface area contributed by atoms with Crippen molar-refractivity contribution in [3.63, 3.8) is 0 Å². The van der Waals surface area contributed by atoms with Crippen molar-refractivity contribution >= 4 is 17.7 Å². The molecule has 0 radical (unpaired) electrons. The first kappa shape index (κ1) is 11.8. The van der Waals surface area contributed by atoms with E-state index in [-0.39, 0.29) is 5.91 Å². The highest BCUT2D eigenvalue weighted by Gasteiger charge is 2.12. The van der Waals surface area contributed by atoms with Gasteiger partial charge in [-0.2, -0.15) is 11.8 Å². The highest BCUT2D eigenvalue weighted by atomic mass is 32.2. The zero-order chi connectivity index (χ0) is 9.56. The normalized spacial score (nSPS) is 13.3. The van der Waals surface area contributed by atoms with Crippen LogP contribution in [0.2, 0.25) is 0 Å². The summed E-state index contributed by atoms with van der Waals surface area (Å²) in [5.74, 6) is 0.803. The molecule has 0 heterocycles. The third-order valence-electron chi connectivity index (χ3n) is 1.86. The summed E-state index contributed by atoms with van der Waals surface area (Å²) in [6.45, 7) is 2.48. The average molecular weight is 190 g/mol. The van der Waals surface area contributed by atoms with E-state index < -0.39 is 0 Å². The fourth-order valence-corrected chi connectivity index (χ4v) is 2.00. The van der Waals surface area contributed by atoms with Crippen molar-refractivity contribution in [1.82, 2.24) is 4.90 Å². The lowest BCUT2D eigenvalue weighted by molar-refractivity contribution is -0.119. The van der Waals surface area contributed by atoms with E-state index >= 15 is 0 Å². The van der Waals surface area contributed by atoms with Crippen LogP contribution in [-0.2, 0) is 4.79 Å². The van der Waals surface area contributed by atoms with Gasteiger partial charge in [0, 0.05) is 11.8 Å². The Bertz CT molecular complexity index is 141. The zero-order valence-corrected chi connectivity index (χ0v) is 8.86. The van der Waals surface area contributed by atoms with E-state index in [1.54, 1.807) is 11.8 Å². The van der Waals surface area contributed by atoms with Gasteiger partial charge in [-0.3, -0.25) is 9.69 Å². The van der Waals surface area contributed by atoms with Crippen molar-refractivity contribution in [3.8, 4) is 0 Å². The second-order valence-corrected chi connectivity index (χ2v) is 3.81. The number of likely N-dealkylation sites (N-methyl/N-ethyl adjacent to an activating group) is 1. The molecule has 1 unspecified atom stereocenters. The van der Waals surface area contributed by atoms with Gasteiger partial charge in [0.2, 0.25) is 5.91 Å². The van der Waals surface area contributed by atoms with E-state index in [1.165, 1.54) is 0 Å². The largest absolute Gasteiger partial charge is 0.369 e. The Balaban J connectivity index is 3.84. The van der Waals surface area contributed by atoms with Crippen LogP contribution in [0.1, 0.15) is 13.3 Å². The number of rotatable bonds is 6. The first-order valence-corrected chi connectivity index (χ1v) is 5.48. The molecule has 2 N–H and O–H groups in total. The molecule has 0 aliphatic carbocycles. The van der Waals surface area contributed by atoms with E-state index in [1.807, 2.05) is 11.9 Å². The predicted molar refractivity (Wildman–Crippen MR) is 54.3 cm³/mol. The molecule has 0 rings (SSSR count). The second-order valence-electron chi connectivity index (χ2n) is 2.90. The molecule has 0 saturated carbocycles. The number of nitrogens with zero attached hydrogens (tertiary/aromatic N) is 1. The molecule has 0 aliphatic rings. The first-order valence-electron chi connectivity index (χ1n) is 4.09. The Hall–Kier alpha value is -0.220. The molecule has 0 spiro atoms. The van der Waals surface area contributed by atoms with Crippen LogP contribution < -0.4 is 5.73 Å². The number of amides is 1. The molecule has 3 nitrogen and oxygen atoms in total. The maximum atomic E-state index is 10.6. The summed E-state index contributed by atoms with van der Waals surface area (Å²) in [5, 5.41) is 0. The minimum atomic E-state index is -0.253. The summed E-state index contributed by atoms with van der Waals surface area (Å²) in [4.78, 5) is 12.6. The summed E-state index contributed by atoms with van der Waals surface area (Å²) in [7, 11) is 1.94. The number of hydrogen-bond acceptors (Lipinski definition) is 3. The van der Waals surface area contributed by atoms with Crippen LogP contribution in [0.4, 0.5) is 0 Å². The van der Waals surface area contributed by atoms with Gasteiger partial charge in [-0.15, -0.1) is 0 Å². The van der Waals surface area contributed by atoms with Gasteiger partial charge in [0.15, 0.2) is 0 Å². The van der Waals surface area contributed by atoms with Gasteiger partial charge in [0.25, 0.3) is 0 Å². The van der Waals surface area contributed by atoms with E-state index in [2.05, 4.69) is 13.2 Å². The van der Waals surface area contributed by atoms with Crippen molar-refractivity contribution in [2.75, 3.05) is 25.6 Å². The number of hydrogen-bond donors (Lipinski definition) is 1.